The molecule has 0 radical (unpaired) electrons. The Morgan fingerprint density at radius 1 is 1.20 bits per heavy atom. The van der Waals surface area contributed by atoms with Gasteiger partial charge >= 0.3 is 0 Å². The number of rotatable bonds is 6. The second-order valence-electron chi connectivity index (χ2n) is 7.59. The number of ether oxygens (including phenoxy) is 1. The van der Waals surface area contributed by atoms with E-state index in [0.717, 1.165) is 50.6 Å². The fourth-order valence-corrected chi connectivity index (χ4v) is 3.75. The maximum atomic E-state index is 12.6. The summed E-state index contributed by atoms with van der Waals surface area (Å²) in [6.07, 6.45) is 4.41. The minimum Gasteiger partial charge on any atom is -0.506 e. The molecule has 0 aromatic heterocycles. The molecule has 2 heterocycles. The SMILES string of the molecule is C=C1C(O)=CC(Cl)=CN1C(=O)/C=C(\C)CN1CCN(Cc2ccc(OC)cc2)CC1. The second kappa shape index (κ2) is 9.98. The number of benzene rings is 1. The first-order chi connectivity index (χ1) is 14.4. The molecule has 7 heteroatoms. The lowest BCUT2D eigenvalue weighted by molar-refractivity contribution is -0.122. The first-order valence-corrected chi connectivity index (χ1v) is 10.3. The number of aliphatic hydroxyl groups is 1. The topological polar surface area (TPSA) is 56.2 Å². The van der Waals surface area contributed by atoms with E-state index in [1.165, 1.54) is 22.7 Å². The van der Waals surface area contributed by atoms with Crippen LogP contribution in [0.5, 0.6) is 5.75 Å². The summed E-state index contributed by atoms with van der Waals surface area (Å²) in [6, 6.07) is 8.19. The summed E-state index contributed by atoms with van der Waals surface area (Å²) in [5.74, 6) is 0.501. The summed E-state index contributed by atoms with van der Waals surface area (Å²) < 4.78 is 5.21. The highest BCUT2D eigenvalue weighted by atomic mass is 35.5. The van der Waals surface area contributed by atoms with Crippen LogP contribution in [-0.2, 0) is 11.3 Å². The molecule has 0 spiro atoms. The van der Waals surface area contributed by atoms with Crippen molar-refractivity contribution in [3.8, 4) is 5.75 Å². The standard InChI is InChI=1S/C23H28ClN3O3/c1-17(12-23(29)27-16-20(24)13-22(28)18(27)2)14-25-8-10-26(11-9-25)15-19-4-6-21(30-3)7-5-19/h4-7,12-13,16,28H,2,8-11,14-15H2,1,3H3/b17-12+. The van der Waals surface area contributed by atoms with Gasteiger partial charge in [0.1, 0.15) is 11.5 Å². The Bertz CT molecular complexity index is 881. The van der Waals surface area contributed by atoms with Gasteiger partial charge in [0.15, 0.2) is 0 Å². The van der Waals surface area contributed by atoms with Gasteiger partial charge in [0.25, 0.3) is 5.91 Å². The molecule has 1 aromatic carbocycles. The van der Waals surface area contributed by atoms with E-state index >= 15 is 0 Å². The Kier molecular flexibility index (Phi) is 7.37. The average molecular weight is 430 g/mol. The van der Waals surface area contributed by atoms with Gasteiger partial charge in [-0.05, 0) is 24.6 Å². The number of amides is 1. The van der Waals surface area contributed by atoms with Crippen molar-refractivity contribution in [3.05, 3.63) is 76.8 Å². The minimum absolute atomic E-state index is 0.102. The highest BCUT2D eigenvalue weighted by Crippen LogP contribution is 2.23. The van der Waals surface area contributed by atoms with Gasteiger partial charge < -0.3 is 9.84 Å². The van der Waals surface area contributed by atoms with E-state index in [4.69, 9.17) is 16.3 Å². The number of carbonyl (C=O) groups is 1. The zero-order valence-electron chi connectivity index (χ0n) is 17.5. The second-order valence-corrected chi connectivity index (χ2v) is 8.03. The maximum Gasteiger partial charge on any atom is 0.255 e. The van der Waals surface area contributed by atoms with Gasteiger partial charge in [-0.2, -0.15) is 0 Å². The van der Waals surface area contributed by atoms with Gasteiger partial charge in [-0.1, -0.05) is 35.9 Å². The third-order valence-corrected chi connectivity index (χ3v) is 5.43. The van der Waals surface area contributed by atoms with Crippen LogP contribution >= 0.6 is 11.6 Å². The Balaban J connectivity index is 1.48. The van der Waals surface area contributed by atoms with Crippen molar-refractivity contribution in [1.82, 2.24) is 14.7 Å². The molecule has 0 saturated carbocycles. The molecule has 3 rings (SSSR count). The quantitative estimate of drug-likeness (QED) is 0.700. The molecule has 30 heavy (non-hydrogen) atoms. The van der Waals surface area contributed by atoms with E-state index in [9.17, 15) is 9.90 Å². The predicted molar refractivity (Wildman–Crippen MR) is 119 cm³/mol. The van der Waals surface area contributed by atoms with Crippen molar-refractivity contribution in [1.29, 1.82) is 0 Å². The summed E-state index contributed by atoms with van der Waals surface area (Å²) in [5.41, 5.74) is 2.45. The van der Waals surface area contributed by atoms with Crippen LogP contribution in [0.1, 0.15) is 12.5 Å². The number of carbonyl (C=O) groups excluding carboxylic acids is 1. The number of piperazine rings is 1. The van der Waals surface area contributed by atoms with Crippen LogP contribution in [0.3, 0.4) is 0 Å². The van der Waals surface area contributed by atoms with Crippen molar-refractivity contribution < 1.29 is 14.6 Å². The molecular weight excluding hydrogens is 402 g/mol. The largest absolute Gasteiger partial charge is 0.506 e. The molecule has 1 aromatic rings. The molecule has 0 unspecified atom stereocenters. The van der Waals surface area contributed by atoms with Crippen LogP contribution in [0, 0.1) is 0 Å². The highest BCUT2D eigenvalue weighted by Gasteiger charge is 2.21. The number of allylic oxidation sites excluding steroid dienone is 2. The van der Waals surface area contributed by atoms with E-state index < -0.39 is 0 Å². The minimum atomic E-state index is -0.270. The van der Waals surface area contributed by atoms with Gasteiger partial charge in [0.2, 0.25) is 0 Å². The van der Waals surface area contributed by atoms with Crippen molar-refractivity contribution >= 4 is 17.5 Å². The van der Waals surface area contributed by atoms with Gasteiger partial charge in [-0.25, -0.2) is 0 Å². The Labute approximate surface area is 183 Å². The molecule has 1 amide bonds. The Morgan fingerprint density at radius 2 is 1.83 bits per heavy atom. The number of hydrogen-bond donors (Lipinski definition) is 1. The summed E-state index contributed by atoms with van der Waals surface area (Å²) in [5, 5.41) is 10.1. The maximum absolute atomic E-state index is 12.6. The lowest BCUT2D eigenvalue weighted by Crippen LogP contribution is -2.46. The number of methoxy groups -OCH3 is 1. The highest BCUT2D eigenvalue weighted by molar-refractivity contribution is 6.31. The van der Waals surface area contributed by atoms with Crippen molar-refractivity contribution in [2.45, 2.75) is 13.5 Å². The fourth-order valence-electron chi connectivity index (χ4n) is 3.55. The number of halogens is 1. The predicted octanol–water partition coefficient (Wildman–Crippen LogP) is 3.64. The zero-order valence-corrected chi connectivity index (χ0v) is 18.2. The molecule has 160 valence electrons. The average Bonchev–Trinajstić information content (AvgIpc) is 2.72. The van der Waals surface area contributed by atoms with Crippen molar-refractivity contribution in [2.24, 2.45) is 0 Å². The lowest BCUT2D eigenvalue weighted by atomic mass is 10.1. The molecule has 2 aliphatic rings. The molecule has 2 aliphatic heterocycles. The van der Waals surface area contributed by atoms with Crippen LogP contribution in [0.15, 0.2) is 71.3 Å². The van der Waals surface area contributed by atoms with Crippen molar-refractivity contribution in [2.75, 3.05) is 39.8 Å². The molecule has 0 aliphatic carbocycles. The molecule has 6 nitrogen and oxygen atoms in total. The zero-order chi connectivity index (χ0) is 21.7. The Morgan fingerprint density at radius 3 is 2.47 bits per heavy atom. The number of hydrogen-bond acceptors (Lipinski definition) is 5. The van der Waals surface area contributed by atoms with E-state index in [0.29, 0.717) is 0 Å². The van der Waals surface area contributed by atoms with Gasteiger partial charge in [0.05, 0.1) is 17.8 Å². The first kappa shape index (κ1) is 22.2. The van der Waals surface area contributed by atoms with Gasteiger partial charge in [-0.3, -0.25) is 19.5 Å². The first-order valence-electron chi connectivity index (χ1n) is 9.91. The van der Waals surface area contributed by atoms with E-state index in [1.807, 2.05) is 19.1 Å². The molecule has 0 atom stereocenters. The summed E-state index contributed by atoms with van der Waals surface area (Å²) in [4.78, 5) is 18.6. The van der Waals surface area contributed by atoms with Crippen LogP contribution < -0.4 is 4.74 Å². The van der Waals surface area contributed by atoms with Gasteiger partial charge in [-0.15, -0.1) is 0 Å². The fraction of sp³-hybridized carbons (Fsp3) is 0.348. The van der Waals surface area contributed by atoms with E-state index in [1.54, 1.807) is 13.2 Å². The molecule has 0 bridgehead atoms. The summed E-state index contributed by atoms with van der Waals surface area (Å²) in [6.45, 7) is 11.2. The molecular formula is C23H28ClN3O3. The lowest BCUT2D eigenvalue weighted by Gasteiger charge is -2.35. The third-order valence-electron chi connectivity index (χ3n) is 5.22. The van der Waals surface area contributed by atoms with E-state index in [-0.39, 0.29) is 22.4 Å². The molecule has 1 fully saturated rings. The van der Waals surface area contributed by atoms with Crippen LogP contribution in [0.2, 0.25) is 0 Å². The third kappa shape index (κ3) is 5.75. The van der Waals surface area contributed by atoms with Crippen LogP contribution in [-0.4, -0.2) is 65.5 Å². The molecule has 1 N–H and O–H groups in total. The molecule has 1 saturated heterocycles. The number of nitrogens with zero attached hydrogens (tertiary/aromatic N) is 3. The van der Waals surface area contributed by atoms with Crippen LogP contribution in [0.4, 0.5) is 0 Å². The van der Waals surface area contributed by atoms with Gasteiger partial charge in [0, 0.05) is 57.6 Å². The Hall–Kier alpha value is -2.54. The number of aliphatic hydroxyl groups excluding tert-OH is 1. The monoisotopic (exact) mass is 429 g/mol. The summed E-state index contributed by atoms with van der Waals surface area (Å²) >= 11 is 5.94. The smallest absolute Gasteiger partial charge is 0.255 e. The van der Waals surface area contributed by atoms with Crippen LogP contribution in [0.25, 0.3) is 0 Å². The van der Waals surface area contributed by atoms with Crippen molar-refractivity contribution in [3.63, 3.8) is 0 Å². The summed E-state index contributed by atoms with van der Waals surface area (Å²) in [7, 11) is 1.67. The van der Waals surface area contributed by atoms with E-state index in [2.05, 4.69) is 28.5 Å². The normalized spacial score (nSPS) is 18.8.